The number of Topliss-reactive ketones (excluding diaryl/α,β-unsaturated/α-hetero) is 1. The first kappa shape index (κ1) is 18.7. The Hall–Kier alpha value is -2.11. The van der Waals surface area contributed by atoms with E-state index in [-0.39, 0.29) is 11.5 Å². The molecular formula is C20H19ClO4S. The van der Waals surface area contributed by atoms with Crippen LogP contribution in [-0.2, 0) is 15.6 Å². The molecule has 0 amide bonds. The van der Waals surface area contributed by atoms with Crippen molar-refractivity contribution in [2.24, 2.45) is 0 Å². The zero-order valence-corrected chi connectivity index (χ0v) is 16.6. The Labute approximate surface area is 157 Å². The van der Waals surface area contributed by atoms with Crippen LogP contribution in [0, 0.1) is 20.8 Å². The summed E-state index contributed by atoms with van der Waals surface area (Å²) in [5.74, 6) is 0.129. The van der Waals surface area contributed by atoms with E-state index in [1.165, 1.54) is 6.92 Å². The third-order valence-electron chi connectivity index (χ3n) is 4.35. The SMILES string of the molecule is CC(=O)c1c(C)oc2c(Cl)cc(CS(=O)(=O)c3ccc(C)cc3C)cc12. The Morgan fingerprint density at radius 2 is 1.81 bits per heavy atom. The normalized spacial score (nSPS) is 11.9. The summed E-state index contributed by atoms with van der Waals surface area (Å²) in [4.78, 5) is 12.2. The van der Waals surface area contributed by atoms with E-state index in [0.717, 1.165) is 5.56 Å². The number of furan rings is 1. The largest absolute Gasteiger partial charge is 0.459 e. The van der Waals surface area contributed by atoms with Crippen molar-refractivity contribution >= 4 is 38.2 Å². The number of benzene rings is 2. The van der Waals surface area contributed by atoms with Crippen molar-refractivity contribution in [3.05, 3.63) is 63.4 Å². The first-order valence-electron chi connectivity index (χ1n) is 8.12. The van der Waals surface area contributed by atoms with Crippen LogP contribution < -0.4 is 0 Å². The molecule has 0 radical (unpaired) electrons. The molecule has 0 bridgehead atoms. The van der Waals surface area contributed by atoms with Crippen LogP contribution in [0.15, 0.2) is 39.6 Å². The minimum Gasteiger partial charge on any atom is -0.459 e. The van der Waals surface area contributed by atoms with Gasteiger partial charge in [-0.2, -0.15) is 0 Å². The Morgan fingerprint density at radius 1 is 1.12 bits per heavy atom. The lowest BCUT2D eigenvalue weighted by molar-refractivity contribution is 0.101. The van der Waals surface area contributed by atoms with Crippen LogP contribution in [0.1, 0.15) is 39.7 Å². The van der Waals surface area contributed by atoms with Gasteiger partial charge in [0.2, 0.25) is 0 Å². The lowest BCUT2D eigenvalue weighted by Gasteiger charge is -2.09. The van der Waals surface area contributed by atoms with Gasteiger partial charge in [0.05, 0.1) is 21.2 Å². The summed E-state index contributed by atoms with van der Waals surface area (Å²) in [5, 5.41) is 0.845. The molecule has 2 aromatic carbocycles. The summed E-state index contributed by atoms with van der Waals surface area (Å²) in [5.41, 5.74) is 3.08. The first-order chi connectivity index (χ1) is 12.1. The molecule has 0 spiro atoms. The van der Waals surface area contributed by atoms with Crippen LogP contribution >= 0.6 is 11.6 Å². The molecule has 1 aromatic heterocycles. The molecule has 4 nitrogen and oxygen atoms in total. The Morgan fingerprint density at radius 3 is 2.42 bits per heavy atom. The van der Waals surface area contributed by atoms with Crippen molar-refractivity contribution in [1.29, 1.82) is 0 Å². The molecule has 0 aliphatic carbocycles. The van der Waals surface area contributed by atoms with Crippen LogP contribution in [-0.4, -0.2) is 14.2 Å². The van der Waals surface area contributed by atoms with Gasteiger partial charge in [0.25, 0.3) is 0 Å². The lowest BCUT2D eigenvalue weighted by Crippen LogP contribution is -2.07. The highest BCUT2D eigenvalue weighted by atomic mass is 35.5. The topological polar surface area (TPSA) is 64.3 Å². The third kappa shape index (κ3) is 3.29. The molecule has 3 rings (SSSR count). The van der Waals surface area contributed by atoms with Crippen molar-refractivity contribution in [2.75, 3.05) is 0 Å². The van der Waals surface area contributed by atoms with Crippen LogP contribution in [0.4, 0.5) is 0 Å². The minimum atomic E-state index is -3.55. The van der Waals surface area contributed by atoms with Crippen LogP contribution in [0.5, 0.6) is 0 Å². The van der Waals surface area contributed by atoms with E-state index < -0.39 is 9.84 Å². The molecule has 0 N–H and O–H groups in total. The minimum absolute atomic E-state index is 0.147. The van der Waals surface area contributed by atoms with Gasteiger partial charge in [-0.05, 0) is 57.0 Å². The smallest absolute Gasteiger partial charge is 0.182 e. The summed E-state index contributed by atoms with van der Waals surface area (Å²) in [7, 11) is -3.55. The van der Waals surface area contributed by atoms with Crippen LogP contribution in [0.3, 0.4) is 0 Å². The average Bonchev–Trinajstić information content (AvgIpc) is 2.83. The van der Waals surface area contributed by atoms with Gasteiger partial charge in [0.15, 0.2) is 21.2 Å². The van der Waals surface area contributed by atoms with Gasteiger partial charge < -0.3 is 4.42 Å². The number of aryl methyl sites for hydroxylation is 3. The summed E-state index contributed by atoms with van der Waals surface area (Å²) in [6, 6.07) is 8.51. The highest BCUT2D eigenvalue weighted by Crippen LogP contribution is 2.34. The summed E-state index contributed by atoms with van der Waals surface area (Å²) in [6.45, 7) is 6.84. The highest BCUT2D eigenvalue weighted by molar-refractivity contribution is 7.90. The molecule has 0 fully saturated rings. The summed E-state index contributed by atoms with van der Waals surface area (Å²) in [6.07, 6.45) is 0. The molecule has 26 heavy (non-hydrogen) atoms. The third-order valence-corrected chi connectivity index (χ3v) is 6.48. The number of ketones is 1. The Bertz CT molecular complexity index is 1140. The van der Waals surface area contributed by atoms with E-state index in [4.69, 9.17) is 16.0 Å². The number of halogens is 1. The molecule has 0 saturated carbocycles. The van der Waals surface area contributed by atoms with Gasteiger partial charge in [0, 0.05) is 5.39 Å². The maximum atomic E-state index is 12.9. The molecule has 3 aromatic rings. The van der Waals surface area contributed by atoms with Crippen molar-refractivity contribution < 1.29 is 17.6 Å². The van der Waals surface area contributed by atoms with Crippen LogP contribution in [0.2, 0.25) is 5.02 Å². The van der Waals surface area contributed by atoms with Crippen molar-refractivity contribution in [3.8, 4) is 0 Å². The Kier molecular flexibility index (Phi) is 4.71. The molecule has 0 atom stereocenters. The second-order valence-corrected chi connectivity index (χ2v) is 8.94. The molecular weight excluding hydrogens is 372 g/mol. The van der Waals surface area contributed by atoms with Crippen LogP contribution in [0.25, 0.3) is 11.0 Å². The van der Waals surface area contributed by atoms with Crippen molar-refractivity contribution in [2.45, 2.75) is 38.3 Å². The fourth-order valence-corrected chi connectivity index (χ4v) is 5.17. The molecule has 0 aliphatic rings. The van der Waals surface area contributed by atoms with E-state index in [9.17, 15) is 13.2 Å². The average molecular weight is 391 g/mol. The quantitative estimate of drug-likeness (QED) is 0.575. The van der Waals surface area contributed by atoms with E-state index in [1.807, 2.05) is 13.0 Å². The number of hydrogen-bond donors (Lipinski definition) is 0. The highest BCUT2D eigenvalue weighted by Gasteiger charge is 2.22. The number of carbonyl (C=O) groups is 1. The maximum Gasteiger partial charge on any atom is 0.182 e. The zero-order valence-electron chi connectivity index (χ0n) is 15.0. The predicted octanol–water partition coefficient (Wildman–Crippen LogP) is 5.19. The zero-order chi connectivity index (χ0) is 19.2. The van der Waals surface area contributed by atoms with Gasteiger partial charge in [-0.1, -0.05) is 29.3 Å². The molecule has 0 saturated heterocycles. The number of hydrogen-bond acceptors (Lipinski definition) is 4. The first-order valence-corrected chi connectivity index (χ1v) is 10.2. The summed E-state index contributed by atoms with van der Waals surface area (Å²) < 4.78 is 31.3. The molecule has 6 heteroatoms. The molecule has 136 valence electrons. The number of fused-ring (bicyclic) bond motifs is 1. The van der Waals surface area contributed by atoms with E-state index >= 15 is 0 Å². The van der Waals surface area contributed by atoms with Gasteiger partial charge in [0.1, 0.15) is 5.76 Å². The fourth-order valence-electron chi connectivity index (χ4n) is 3.30. The maximum absolute atomic E-state index is 12.9. The molecule has 0 aliphatic heterocycles. The second kappa shape index (κ2) is 6.56. The molecule has 1 heterocycles. The second-order valence-electron chi connectivity index (χ2n) is 6.57. The predicted molar refractivity (Wildman–Crippen MR) is 103 cm³/mol. The lowest BCUT2D eigenvalue weighted by atomic mass is 10.1. The number of sulfone groups is 1. The van der Waals surface area contributed by atoms with Gasteiger partial charge in [-0.25, -0.2) is 8.42 Å². The summed E-state index contributed by atoms with van der Waals surface area (Å²) >= 11 is 6.28. The standard InChI is InChI=1S/C20H19ClO4S/c1-11-5-6-18(12(2)7-11)26(23,24)10-15-8-16-19(13(3)22)14(4)25-20(16)17(21)9-15/h5-9H,10H2,1-4H3. The van der Waals surface area contributed by atoms with E-state index in [1.54, 1.807) is 38.1 Å². The van der Waals surface area contributed by atoms with Gasteiger partial charge >= 0.3 is 0 Å². The van der Waals surface area contributed by atoms with Crippen molar-refractivity contribution in [1.82, 2.24) is 0 Å². The van der Waals surface area contributed by atoms with Gasteiger partial charge in [-0.15, -0.1) is 0 Å². The fraction of sp³-hybridized carbons (Fsp3) is 0.250. The van der Waals surface area contributed by atoms with Crippen molar-refractivity contribution in [3.63, 3.8) is 0 Å². The Balaban J connectivity index is 2.11. The number of carbonyl (C=O) groups excluding carboxylic acids is 1. The molecule has 0 unspecified atom stereocenters. The monoisotopic (exact) mass is 390 g/mol. The van der Waals surface area contributed by atoms with E-state index in [2.05, 4.69) is 0 Å². The van der Waals surface area contributed by atoms with E-state index in [0.29, 0.717) is 43.3 Å². The number of rotatable bonds is 4. The van der Waals surface area contributed by atoms with Gasteiger partial charge in [-0.3, -0.25) is 4.79 Å².